The maximum atomic E-state index is 12.4. The van der Waals surface area contributed by atoms with Gasteiger partial charge in [0.05, 0.1) is 0 Å². The van der Waals surface area contributed by atoms with Crippen molar-refractivity contribution in [1.29, 1.82) is 0 Å². The van der Waals surface area contributed by atoms with Crippen molar-refractivity contribution >= 4 is 21.8 Å². The van der Waals surface area contributed by atoms with E-state index in [-0.39, 0.29) is 5.91 Å². The molecule has 0 aromatic heterocycles. The van der Waals surface area contributed by atoms with Gasteiger partial charge in [-0.15, -0.1) is 0 Å². The maximum absolute atomic E-state index is 12.4. The third-order valence-corrected chi connectivity index (χ3v) is 4.53. The summed E-state index contributed by atoms with van der Waals surface area (Å²) in [7, 11) is 0. The zero-order valence-electron chi connectivity index (χ0n) is 10.4. The molecule has 0 bridgehead atoms. The van der Waals surface area contributed by atoms with Crippen molar-refractivity contribution in [3.05, 3.63) is 71.8 Å². The van der Waals surface area contributed by atoms with Gasteiger partial charge < -0.3 is 4.90 Å². The van der Waals surface area contributed by atoms with Gasteiger partial charge in [0.1, 0.15) is 4.32 Å². The van der Waals surface area contributed by atoms with Crippen molar-refractivity contribution in [1.82, 2.24) is 4.90 Å². The summed E-state index contributed by atoms with van der Waals surface area (Å²) in [6.45, 7) is 1.39. The standard InChI is InChI=1S/C16H14BrNO/c17-16(14-9-5-2-6-10-14)12-18(15(16)19)11-13-7-3-1-4-8-13/h1-10H,11-12H2. The van der Waals surface area contributed by atoms with Crippen molar-refractivity contribution in [3.63, 3.8) is 0 Å². The van der Waals surface area contributed by atoms with Crippen molar-refractivity contribution < 1.29 is 4.79 Å². The number of hydrogen-bond acceptors (Lipinski definition) is 1. The molecular formula is C16H14BrNO. The second-order valence-corrected chi connectivity index (χ2v) is 6.17. The molecule has 1 unspecified atom stereocenters. The molecule has 0 spiro atoms. The molecular weight excluding hydrogens is 302 g/mol. The fraction of sp³-hybridized carbons (Fsp3) is 0.188. The molecule has 1 atom stereocenters. The molecule has 96 valence electrons. The fourth-order valence-electron chi connectivity index (χ4n) is 2.41. The quantitative estimate of drug-likeness (QED) is 0.628. The summed E-state index contributed by atoms with van der Waals surface area (Å²) in [4.78, 5) is 14.2. The Hall–Kier alpha value is -1.61. The van der Waals surface area contributed by atoms with Crippen molar-refractivity contribution in [2.24, 2.45) is 0 Å². The zero-order valence-corrected chi connectivity index (χ0v) is 12.0. The van der Waals surface area contributed by atoms with E-state index in [2.05, 4.69) is 15.9 Å². The largest absolute Gasteiger partial charge is 0.335 e. The molecule has 19 heavy (non-hydrogen) atoms. The number of hydrogen-bond donors (Lipinski definition) is 0. The van der Waals surface area contributed by atoms with Crippen LogP contribution in [0.5, 0.6) is 0 Å². The van der Waals surface area contributed by atoms with E-state index in [1.54, 1.807) is 0 Å². The second-order valence-electron chi connectivity index (χ2n) is 4.81. The molecule has 2 aromatic carbocycles. The van der Waals surface area contributed by atoms with Gasteiger partial charge in [0.2, 0.25) is 5.91 Å². The van der Waals surface area contributed by atoms with E-state index < -0.39 is 4.32 Å². The van der Waals surface area contributed by atoms with Gasteiger partial charge in [0, 0.05) is 13.1 Å². The predicted molar refractivity (Wildman–Crippen MR) is 78.9 cm³/mol. The summed E-state index contributed by atoms with van der Waals surface area (Å²) in [5, 5.41) is 0. The Kier molecular flexibility index (Phi) is 3.15. The van der Waals surface area contributed by atoms with Crippen LogP contribution in [-0.2, 0) is 15.7 Å². The van der Waals surface area contributed by atoms with Crippen molar-refractivity contribution in [2.75, 3.05) is 6.54 Å². The first-order valence-corrected chi connectivity index (χ1v) is 7.07. The Morgan fingerprint density at radius 2 is 1.58 bits per heavy atom. The fourth-order valence-corrected chi connectivity index (χ4v) is 3.23. The molecule has 0 N–H and O–H groups in total. The molecule has 0 aliphatic carbocycles. The Morgan fingerprint density at radius 3 is 2.16 bits per heavy atom. The van der Waals surface area contributed by atoms with Crippen LogP contribution in [0.25, 0.3) is 0 Å². The van der Waals surface area contributed by atoms with E-state index in [1.807, 2.05) is 65.6 Å². The molecule has 1 aliphatic heterocycles. The highest BCUT2D eigenvalue weighted by Gasteiger charge is 2.51. The van der Waals surface area contributed by atoms with Gasteiger partial charge in [0.25, 0.3) is 0 Å². The molecule has 0 saturated carbocycles. The molecule has 1 aliphatic rings. The molecule has 1 amide bonds. The van der Waals surface area contributed by atoms with Gasteiger partial charge in [-0.2, -0.15) is 0 Å². The normalized spacial score (nSPS) is 22.2. The monoisotopic (exact) mass is 315 g/mol. The van der Waals surface area contributed by atoms with E-state index in [9.17, 15) is 4.79 Å². The number of amides is 1. The minimum absolute atomic E-state index is 0.141. The van der Waals surface area contributed by atoms with Crippen LogP contribution >= 0.6 is 15.9 Å². The van der Waals surface area contributed by atoms with Crippen LogP contribution in [0.15, 0.2) is 60.7 Å². The third kappa shape index (κ3) is 2.19. The van der Waals surface area contributed by atoms with E-state index in [4.69, 9.17) is 0 Å². The zero-order chi connectivity index (χ0) is 13.3. The minimum Gasteiger partial charge on any atom is -0.335 e. The molecule has 2 aromatic rings. The lowest BCUT2D eigenvalue weighted by molar-refractivity contribution is -0.145. The van der Waals surface area contributed by atoms with E-state index in [0.717, 1.165) is 5.56 Å². The smallest absolute Gasteiger partial charge is 0.246 e. The lowest BCUT2D eigenvalue weighted by Crippen LogP contribution is -2.60. The summed E-state index contributed by atoms with van der Waals surface area (Å²) in [6.07, 6.45) is 0. The molecule has 0 radical (unpaired) electrons. The Balaban J connectivity index is 1.73. The maximum Gasteiger partial charge on any atom is 0.246 e. The van der Waals surface area contributed by atoms with Crippen LogP contribution < -0.4 is 0 Å². The molecule has 3 heteroatoms. The molecule has 1 heterocycles. The van der Waals surface area contributed by atoms with E-state index in [0.29, 0.717) is 13.1 Å². The van der Waals surface area contributed by atoms with E-state index >= 15 is 0 Å². The van der Waals surface area contributed by atoms with Gasteiger partial charge >= 0.3 is 0 Å². The first kappa shape index (κ1) is 12.4. The topological polar surface area (TPSA) is 20.3 Å². The highest BCUT2D eigenvalue weighted by Crippen LogP contribution is 2.42. The highest BCUT2D eigenvalue weighted by atomic mass is 79.9. The summed E-state index contributed by atoms with van der Waals surface area (Å²) >= 11 is 3.60. The number of benzene rings is 2. The molecule has 2 nitrogen and oxygen atoms in total. The summed E-state index contributed by atoms with van der Waals surface area (Å²) < 4.78 is -0.525. The summed E-state index contributed by atoms with van der Waals surface area (Å²) in [6, 6.07) is 19.9. The number of likely N-dealkylation sites (tertiary alicyclic amines) is 1. The van der Waals surface area contributed by atoms with Crippen LogP contribution in [0.2, 0.25) is 0 Å². The van der Waals surface area contributed by atoms with Crippen LogP contribution in [0.4, 0.5) is 0 Å². The van der Waals surface area contributed by atoms with Gasteiger partial charge in [-0.3, -0.25) is 4.79 Å². The number of nitrogens with zero attached hydrogens (tertiary/aromatic N) is 1. The Morgan fingerprint density at radius 1 is 1.00 bits per heavy atom. The summed E-state index contributed by atoms with van der Waals surface area (Å²) in [5.74, 6) is 0.141. The Labute approximate surface area is 121 Å². The van der Waals surface area contributed by atoms with Crippen LogP contribution in [-0.4, -0.2) is 17.4 Å². The number of β-lactam (4-membered cyclic amide) rings is 1. The lowest BCUT2D eigenvalue weighted by Gasteiger charge is -2.45. The van der Waals surface area contributed by atoms with Gasteiger partial charge in [0.15, 0.2) is 0 Å². The first-order chi connectivity index (χ1) is 9.20. The van der Waals surface area contributed by atoms with Crippen LogP contribution in [0, 0.1) is 0 Å². The summed E-state index contributed by atoms with van der Waals surface area (Å²) in [5.41, 5.74) is 2.20. The minimum atomic E-state index is -0.525. The highest BCUT2D eigenvalue weighted by molar-refractivity contribution is 9.10. The Bertz CT molecular complexity index is 584. The number of carbonyl (C=O) groups is 1. The first-order valence-electron chi connectivity index (χ1n) is 6.28. The SMILES string of the molecule is O=C1N(Cc2ccccc2)CC1(Br)c1ccccc1. The average molecular weight is 316 g/mol. The van der Waals surface area contributed by atoms with Gasteiger partial charge in [-0.1, -0.05) is 76.6 Å². The average Bonchev–Trinajstić information content (AvgIpc) is 2.48. The number of rotatable bonds is 3. The van der Waals surface area contributed by atoms with Gasteiger partial charge in [-0.05, 0) is 11.1 Å². The molecule has 1 saturated heterocycles. The third-order valence-electron chi connectivity index (χ3n) is 3.48. The predicted octanol–water partition coefficient (Wildman–Crippen LogP) is 3.32. The van der Waals surface area contributed by atoms with Crippen molar-refractivity contribution in [2.45, 2.75) is 10.9 Å². The van der Waals surface area contributed by atoms with Gasteiger partial charge in [-0.25, -0.2) is 0 Å². The van der Waals surface area contributed by atoms with Crippen LogP contribution in [0.3, 0.4) is 0 Å². The van der Waals surface area contributed by atoms with Crippen molar-refractivity contribution in [3.8, 4) is 0 Å². The second kappa shape index (κ2) is 4.82. The lowest BCUT2D eigenvalue weighted by atomic mass is 9.89. The van der Waals surface area contributed by atoms with E-state index in [1.165, 1.54) is 5.56 Å². The number of carbonyl (C=O) groups excluding carboxylic acids is 1. The molecule has 1 fully saturated rings. The van der Waals surface area contributed by atoms with Crippen LogP contribution in [0.1, 0.15) is 11.1 Å². The number of alkyl halides is 1. The molecule has 3 rings (SSSR count). The number of halogens is 1.